The van der Waals surface area contributed by atoms with Gasteiger partial charge in [-0.05, 0) is 12.8 Å². The molecule has 0 aromatic heterocycles. The van der Waals surface area contributed by atoms with Crippen LogP contribution in [0.15, 0.2) is 24.7 Å². The molecule has 2 fully saturated rings. The van der Waals surface area contributed by atoms with Crippen molar-refractivity contribution in [3.05, 3.63) is 24.7 Å². The molecule has 2 nitrogen and oxygen atoms in total. The lowest BCUT2D eigenvalue weighted by molar-refractivity contribution is 0.372. The van der Waals surface area contributed by atoms with E-state index in [4.69, 9.17) is 0 Å². The van der Waals surface area contributed by atoms with E-state index in [0.29, 0.717) is 6.04 Å². The number of likely N-dealkylation sites (N-methyl/N-ethyl adjacent to an activating group) is 1. The lowest BCUT2D eigenvalue weighted by atomic mass is 10.2. The fraction of sp³-hybridized carbons (Fsp3) is 0.556. The van der Waals surface area contributed by atoms with Crippen molar-refractivity contribution in [2.45, 2.75) is 18.9 Å². The molecule has 0 bridgehead atoms. The van der Waals surface area contributed by atoms with Crippen LogP contribution in [0.5, 0.6) is 0 Å². The highest BCUT2D eigenvalue weighted by Gasteiger charge is 2.37. The van der Waals surface area contributed by atoms with Crippen LogP contribution in [-0.4, -0.2) is 29.4 Å². The zero-order valence-electron chi connectivity index (χ0n) is 7.01. The van der Waals surface area contributed by atoms with Crippen LogP contribution < -0.4 is 0 Å². The van der Waals surface area contributed by atoms with Crippen LogP contribution in [0.4, 0.5) is 0 Å². The Bertz CT molecular complexity index is 198. The van der Waals surface area contributed by atoms with Crippen LogP contribution in [0.2, 0.25) is 0 Å². The number of rotatable bonds is 0. The maximum absolute atomic E-state index is 4.05. The highest BCUT2D eigenvalue weighted by Crippen LogP contribution is 2.35. The summed E-state index contributed by atoms with van der Waals surface area (Å²) < 4.78 is 0. The molecule has 0 spiro atoms. The zero-order chi connectivity index (χ0) is 8.01. The minimum atomic E-state index is 0.562. The minimum Gasteiger partial charge on any atom is -0.350 e. The van der Waals surface area contributed by atoms with E-state index in [1.807, 2.05) is 7.05 Å². The lowest BCUT2D eigenvalue weighted by Crippen LogP contribution is -2.21. The molecule has 2 aliphatic heterocycles. The van der Waals surface area contributed by atoms with Gasteiger partial charge in [0.25, 0.3) is 0 Å². The van der Waals surface area contributed by atoms with E-state index >= 15 is 0 Å². The topological polar surface area (TPSA) is 6.48 Å². The van der Waals surface area contributed by atoms with Gasteiger partial charge in [-0.3, -0.25) is 0 Å². The number of nitrogens with zero attached hydrogens (tertiary/aromatic N) is 2. The van der Waals surface area contributed by atoms with Gasteiger partial charge in [-0.1, -0.05) is 13.2 Å². The second-order valence-corrected chi connectivity index (χ2v) is 3.32. The molecule has 0 saturated carbocycles. The van der Waals surface area contributed by atoms with Gasteiger partial charge in [0.2, 0.25) is 0 Å². The molecule has 2 aliphatic rings. The van der Waals surface area contributed by atoms with Crippen LogP contribution >= 0.6 is 0 Å². The Morgan fingerprint density at radius 2 is 2.18 bits per heavy atom. The van der Waals surface area contributed by atoms with Crippen LogP contribution in [0, 0.1) is 0 Å². The fourth-order valence-corrected chi connectivity index (χ4v) is 2.00. The van der Waals surface area contributed by atoms with Gasteiger partial charge in [-0.2, -0.15) is 0 Å². The Labute approximate surface area is 67.8 Å². The molecule has 2 heterocycles. The Hall–Kier alpha value is -0.920. The fourth-order valence-electron chi connectivity index (χ4n) is 2.00. The van der Waals surface area contributed by atoms with Crippen molar-refractivity contribution in [1.82, 2.24) is 9.80 Å². The molecule has 0 aromatic carbocycles. The molecule has 11 heavy (non-hydrogen) atoms. The molecule has 60 valence electrons. The van der Waals surface area contributed by atoms with Crippen LogP contribution in [0.1, 0.15) is 12.8 Å². The van der Waals surface area contributed by atoms with Crippen LogP contribution in [0.25, 0.3) is 0 Å². The first-order chi connectivity index (χ1) is 5.22. The molecular weight excluding hydrogens is 136 g/mol. The minimum absolute atomic E-state index is 0.562. The van der Waals surface area contributed by atoms with Gasteiger partial charge in [0, 0.05) is 19.3 Å². The van der Waals surface area contributed by atoms with Crippen molar-refractivity contribution in [3.63, 3.8) is 0 Å². The maximum Gasteiger partial charge on any atom is 0.101 e. The summed E-state index contributed by atoms with van der Waals surface area (Å²) >= 11 is 0. The Morgan fingerprint density at radius 1 is 1.45 bits per heavy atom. The molecule has 0 aliphatic carbocycles. The van der Waals surface area contributed by atoms with Crippen molar-refractivity contribution in [1.29, 1.82) is 0 Å². The van der Waals surface area contributed by atoms with E-state index in [-0.39, 0.29) is 0 Å². The monoisotopic (exact) mass is 150 g/mol. The summed E-state index contributed by atoms with van der Waals surface area (Å²) in [5.41, 5.74) is 1.22. The molecule has 1 atom stereocenters. The van der Waals surface area contributed by atoms with E-state index in [0.717, 1.165) is 12.4 Å². The van der Waals surface area contributed by atoms with Crippen LogP contribution in [0.3, 0.4) is 0 Å². The van der Waals surface area contributed by atoms with E-state index in [9.17, 15) is 0 Å². The SMILES string of the molecule is C=C1C2CCCN2C(=C)N1C. The third-order valence-corrected chi connectivity index (χ3v) is 2.79. The van der Waals surface area contributed by atoms with Gasteiger partial charge < -0.3 is 9.80 Å². The number of hydrogen-bond donors (Lipinski definition) is 0. The van der Waals surface area contributed by atoms with Crippen LogP contribution in [-0.2, 0) is 0 Å². The quantitative estimate of drug-likeness (QED) is 0.514. The summed E-state index contributed by atoms with van der Waals surface area (Å²) in [5, 5.41) is 0. The summed E-state index contributed by atoms with van der Waals surface area (Å²) in [6.07, 6.45) is 2.54. The predicted octanol–water partition coefficient (Wildman–Crippen LogP) is 1.38. The first-order valence-electron chi connectivity index (χ1n) is 4.10. The molecule has 2 saturated heterocycles. The highest BCUT2D eigenvalue weighted by atomic mass is 15.4. The molecular formula is C9H14N2. The predicted molar refractivity (Wildman–Crippen MR) is 45.8 cm³/mol. The van der Waals surface area contributed by atoms with Gasteiger partial charge in [0.15, 0.2) is 0 Å². The molecule has 2 heteroatoms. The summed E-state index contributed by atoms with van der Waals surface area (Å²) in [6.45, 7) is 9.23. The third-order valence-electron chi connectivity index (χ3n) is 2.79. The normalized spacial score (nSPS) is 30.1. The van der Waals surface area contributed by atoms with E-state index < -0.39 is 0 Å². The average Bonchev–Trinajstić information content (AvgIpc) is 2.53. The first-order valence-corrected chi connectivity index (χ1v) is 4.10. The molecule has 2 rings (SSSR count). The van der Waals surface area contributed by atoms with Gasteiger partial charge in [0.05, 0.1) is 6.04 Å². The van der Waals surface area contributed by atoms with E-state index in [1.165, 1.54) is 18.5 Å². The van der Waals surface area contributed by atoms with Gasteiger partial charge in [0.1, 0.15) is 5.82 Å². The molecule has 0 radical (unpaired) electrons. The summed E-state index contributed by atoms with van der Waals surface area (Å²) in [5.74, 6) is 1.12. The Balaban J connectivity index is 2.30. The van der Waals surface area contributed by atoms with Crippen molar-refractivity contribution in [2.75, 3.05) is 13.6 Å². The molecule has 0 aromatic rings. The second kappa shape index (κ2) is 2.03. The Kier molecular flexibility index (Phi) is 1.25. The molecule has 1 unspecified atom stereocenters. The largest absolute Gasteiger partial charge is 0.350 e. The standard InChI is InChI=1S/C9H14N2/c1-7-9-5-4-6-11(9)8(2)10(7)3/h9H,1-2,4-6H2,3H3. The lowest BCUT2D eigenvalue weighted by Gasteiger charge is -2.17. The smallest absolute Gasteiger partial charge is 0.101 e. The zero-order valence-corrected chi connectivity index (χ0v) is 7.01. The summed E-state index contributed by atoms with van der Waals surface area (Å²) in [6, 6.07) is 0.562. The average molecular weight is 150 g/mol. The van der Waals surface area contributed by atoms with Crippen molar-refractivity contribution in [2.24, 2.45) is 0 Å². The Morgan fingerprint density at radius 3 is 2.82 bits per heavy atom. The van der Waals surface area contributed by atoms with Gasteiger partial charge in [-0.25, -0.2) is 0 Å². The summed E-state index contributed by atoms with van der Waals surface area (Å²) in [7, 11) is 2.04. The maximum atomic E-state index is 4.05. The van der Waals surface area contributed by atoms with Crippen molar-refractivity contribution < 1.29 is 0 Å². The van der Waals surface area contributed by atoms with E-state index in [2.05, 4.69) is 23.0 Å². The van der Waals surface area contributed by atoms with E-state index in [1.54, 1.807) is 0 Å². The first kappa shape index (κ1) is 6.77. The number of fused-ring (bicyclic) bond motifs is 1. The summed E-state index contributed by atoms with van der Waals surface area (Å²) in [4.78, 5) is 4.45. The third kappa shape index (κ3) is 0.724. The van der Waals surface area contributed by atoms with Gasteiger partial charge >= 0.3 is 0 Å². The molecule has 0 amide bonds. The van der Waals surface area contributed by atoms with Gasteiger partial charge in [-0.15, -0.1) is 0 Å². The highest BCUT2D eigenvalue weighted by molar-refractivity contribution is 5.23. The van der Waals surface area contributed by atoms with Crippen molar-refractivity contribution in [3.8, 4) is 0 Å². The van der Waals surface area contributed by atoms with Crippen molar-refractivity contribution >= 4 is 0 Å². The number of hydrogen-bond acceptors (Lipinski definition) is 2. The molecule has 0 N–H and O–H groups in total. The second-order valence-electron chi connectivity index (χ2n) is 3.32.